The summed E-state index contributed by atoms with van der Waals surface area (Å²) < 4.78 is 29.0. The molecule has 1 atom stereocenters. The molecule has 1 aliphatic rings. The number of halogens is 1. The van der Waals surface area contributed by atoms with Gasteiger partial charge in [0.15, 0.2) is 9.84 Å². The molecule has 1 N–H and O–H groups in total. The molecule has 1 heterocycles. The van der Waals surface area contributed by atoms with Crippen molar-refractivity contribution < 1.29 is 17.9 Å². The van der Waals surface area contributed by atoms with Crippen LogP contribution in [0, 0.1) is 0 Å². The third kappa shape index (κ3) is 5.11. The minimum absolute atomic E-state index is 0.00841. The number of nitrogens with zero attached hydrogens (tertiary/aromatic N) is 1. The first kappa shape index (κ1) is 20.8. The summed E-state index contributed by atoms with van der Waals surface area (Å²) in [6.07, 6.45) is 1.10. The van der Waals surface area contributed by atoms with Gasteiger partial charge in [0.25, 0.3) is 5.91 Å². The van der Waals surface area contributed by atoms with Crippen LogP contribution in [0.4, 0.5) is 0 Å². The van der Waals surface area contributed by atoms with Crippen LogP contribution < -0.4 is 5.32 Å². The Morgan fingerprint density at radius 1 is 1.18 bits per heavy atom. The van der Waals surface area contributed by atoms with Gasteiger partial charge in [0.05, 0.1) is 34.7 Å². The Hall–Kier alpha value is -1.93. The quantitative estimate of drug-likeness (QED) is 0.774. The van der Waals surface area contributed by atoms with Crippen molar-refractivity contribution in [1.82, 2.24) is 10.2 Å². The van der Waals surface area contributed by atoms with Crippen LogP contribution in [-0.4, -0.2) is 58.3 Å². The van der Waals surface area contributed by atoms with Crippen LogP contribution in [0.3, 0.4) is 0 Å². The molecule has 0 radical (unpaired) electrons. The molecule has 6 nitrogen and oxygen atoms in total. The fourth-order valence-electron chi connectivity index (χ4n) is 3.22. The standard InChI is InChI=1S/C20H23ClN2O4S/c1-28(25,26)16-7-8-18(21)17(13-16)20(24)22-14-19(15-5-3-2-4-6-15)23-9-11-27-12-10-23/h2-8,13,19H,9-12,14H2,1H3,(H,22,24). The summed E-state index contributed by atoms with van der Waals surface area (Å²) in [7, 11) is -3.43. The number of rotatable bonds is 6. The van der Waals surface area contributed by atoms with E-state index in [2.05, 4.69) is 10.2 Å². The van der Waals surface area contributed by atoms with Gasteiger partial charge in [-0.05, 0) is 23.8 Å². The predicted octanol–water partition coefficient (Wildman–Crippen LogP) is 2.55. The second kappa shape index (κ2) is 9.05. The van der Waals surface area contributed by atoms with Crippen LogP contribution in [0.5, 0.6) is 0 Å². The zero-order chi connectivity index (χ0) is 20.1. The van der Waals surface area contributed by atoms with E-state index in [1.165, 1.54) is 18.2 Å². The van der Waals surface area contributed by atoms with Crippen molar-refractivity contribution in [2.75, 3.05) is 39.1 Å². The summed E-state index contributed by atoms with van der Waals surface area (Å²) in [6.45, 7) is 3.24. The van der Waals surface area contributed by atoms with Crippen LogP contribution in [0.25, 0.3) is 0 Å². The molecular formula is C20H23ClN2O4S. The highest BCUT2D eigenvalue weighted by Crippen LogP contribution is 2.23. The maximum atomic E-state index is 12.7. The molecule has 0 spiro atoms. The Bertz CT molecular complexity index is 928. The highest BCUT2D eigenvalue weighted by Gasteiger charge is 2.24. The number of morpholine rings is 1. The van der Waals surface area contributed by atoms with E-state index in [0.717, 1.165) is 24.9 Å². The first-order valence-electron chi connectivity index (χ1n) is 9.01. The zero-order valence-electron chi connectivity index (χ0n) is 15.6. The van der Waals surface area contributed by atoms with E-state index in [0.29, 0.717) is 19.8 Å². The lowest BCUT2D eigenvalue weighted by Gasteiger charge is -2.35. The average molecular weight is 423 g/mol. The Balaban J connectivity index is 1.79. The summed E-state index contributed by atoms with van der Waals surface area (Å²) in [5.74, 6) is -0.398. The van der Waals surface area contributed by atoms with E-state index in [1.54, 1.807) is 0 Å². The molecule has 1 amide bonds. The number of hydrogen-bond acceptors (Lipinski definition) is 5. The minimum atomic E-state index is -3.43. The van der Waals surface area contributed by atoms with Crippen LogP contribution in [0.2, 0.25) is 5.02 Å². The number of benzene rings is 2. The van der Waals surface area contributed by atoms with Crippen LogP contribution in [0.15, 0.2) is 53.4 Å². The second-order valence-corrected chi connectivity index (χ2v) is 9.12. The van der Waals surface area contributed by atoms with E-state index in [9.17, 15) is 13.2 Å². The van der Waals surface area contributed by atoms with Gasteiger partial charge >= 0.3 is 0 Å². The molecule has 1 saturated heterocycles. The molecule has 2 aromatic carbocycles. The van der Waals surface area contributed by atoms with Gasteiger partial charge in [-0.1, -0.05) is 41.9 Å². The van der Waals surface area contributed by atoms with Gasteiger partial charge in [-0.25, -0.2) is 8.42 Å². The Kier molecular flexibility index (Phi) is 6.72. The van der Waals surface area contributed by atoms with Crippen LogP contribution in [-0.2, 0) is 14.6 Å². The molecule has 150 valence electrons. The fourth-order valence-corrected chi connectivity index (χ4v) is 4.07. The van der Waals surface area contributed by atoms with Crippen LogP contribution >= 0.6 is 11.6 Å². The number of hydrogen-bond donors (Lipinski definition) is 1. The normalized spacial score (nSPS) is 16.5. The van der Waals surface area contributed by atoms with Gasteiger partial charge in [0.2, 0.25) is 0 Å². The minimum Gasteiger partial charge on any atom is -0.379 e. The molecule has 0 saturated carbocycles. The van der Waals surface area contributed by atoms with Crippen molar-refractivity contribution >= 4 is 27.3 Å². The predicted molar refractivity (Wildman–Crippen MR) is 108 cm³/mol. The van der Waals surface area contributed by atoms with Crippen molar-refractivity contribution in [3.8, 4) is 0 Å². The monoisotopic (exact) mass is 422 g/mol. The summed E-state index contributed by atoms with van der Waals surface area (Å²) in [5, 5.41) is 3.13. The smallest absolute Gasteiger partial charge is 0.252 e. The summed E-state index contributed by atoms with van der Waals surface area (Å²) >= 11 is 6.14. The average Bonchev–Trinajstić information content (AvgIpc) is 2.69. The van der Waals surface area contributed by atoms with E-state index in [-0.39, 0.29) is 21.5 Å². The highest BCUT2D eigenvalue weighted by molar-refractivity contribution is 7.90. The van der Waals surface area contributed by atoms with Gasteiger partial charge in [0.1, 0.15) is 0 Å². The lowest BCUT2D eigenvalue weighted by molar-refractivity contribution is 0.0162. The topological polar surface area (TPSA) is 75.7 Å². The van der Waals surface area contributed by atoms with Gasteiger partial charge in [-0.15, -0.1) is 0 Å². The lowest BCUT2D eigenvalue weighted by atomic mass is 10.0. The van der Waals surface area contributed by atoms with Crippen molar-refractivity contribution in [2.45, 2.75) is 10.9 Å². The number of carbonyl (C=O) groups excluding carboxylic acids is 1. The molecular weight excluding hydrogens is 400 g/mol. The van der Waals surface area contributed by atoms with E-state index < -0.39 is 15.7 Å². The van der Waals surface area contributed by atoms with Gasteiger partial charge < -0.3 is 10.1 Å². The largest absolute Gasteiger partial charge is 0.379 e. The summed E-state index contributed by atoms with van der Waals surface area (Å²) in [4.78, 5) is 15.1. The van der Waals surface area contributed by atoms with Crippen molar-refractivity contribution in [1.29, 1.82) is 0 Å². The van der Waals surface area contributed by atoms with Gasteiger partial charge in [-0.2, -0.15) is 0 Å². The van der Waals surface area contributed by atoms with E-state index in [1.807, 2.05) is 30.3 Å². The molecule has 0 aliphatic carbocycles. The molecule has 1 unspecified atom stereocenters. The summed E-state index contributed by atoms with van der Waals surface area (Å²) in [6, 6.07) is 14.1. The maximum Gasteiger partial charge on any atom is 0.252 e. The van der Waals surface area contributed by atoms with Gasteiger partial charge in [0, 0.05) is 25.9 Å². The first-order valence-corrected chi connectivity index (χ1v) is 11.3. The third-order valence-electron chi connectivity index (χ3n) is 4.74. The summed E-state index contributed by atoms with van der Waals surface area (Å²) in [5.41, 5.74) is 1.25. The van der Waals surface area contributed by atoms with E-state index >= 15 is 0 Å². The molecule has 28 heavy (non-hydrogen) atoms. The highest BCUT2D eigenvalue weighted by atomic mass is 35.5. The second-order valence-electron chi connectivity index (χ2n) is 6.70. The first-order chi connectivity index (χ1) is 13.4. The molecule has 0 bridgehead atoms. The molecule has 0 aromatic heterocycles. The molecule has 1 aliphatic heterocycles. The van der Waals surface area contributed by atoms with Crippen molar-refractivity contribution in [3.05, 3.63) is 64.7 Å². The number of amides is 1. The number of nitrogens with one attached hydrogen (secondary N) is 1. The SMILES string of the molecule is CS(=O)(=O)c1ccc(Cl)c(C(=O)NCC(c2ccccc2)N2CCOCC2)c1. The molecule has 1 fully saturated rings. The number of sulfone groups is 1. The third-order valence-corrected chi connectivity index (χ3v) is 6.18. The Morgan fingerprint density at radius 2 is 1.86 bits per heavy atom. The molecule has 3 rings (SSSR count). The molecule has 2 aromatic rings. The van der Waals surface area contributed by atoms with Gasteiger partial charge in [-0.3, -0.25) is 9.69 Å². The fraction of sp³-hybridized carbons (Fsp3) is 0.350. The maximum absolute atomic E-state index is 12.7. The van der Waals surface area contributed by atoms with Crippen molar-refractivity contribution in [2.24, 2.45) is 0 Å². The van der Waals surface area contributed by atoms with Crippen LogP contribution in [0.1, 0.15) is 22.0 Å². The number of carbonyl (C=O) groups is 1. The Morgan fingerprint density at radius 3 is 2.50 bits per heavy atom. The lowest BCUT2D eigenvalue weighted by Crippen LogP contribution is -2.43. The zero-order valence-corrected chi connectivity index (χ0v) is 17.2. The molecule has 8 heteroatoms. The Labute approximate surface area is 170 Å². The van der Waals surface area contributed by atoms with Crippen molar-refractivity contribution in [3.63, 3.8) is 0 Å². The van der Waals surface area contributed by atoms with E-state index in [4.69, 9.17) is 16.3 Å². The number of ether oxygens (including phenoxy) is 1.